The molecule has 0 aromatic carbocycles. The Balaban J connectivity index is 3.18. The summed E-state index contributed by atoms with van der Waals surface area (Å²) in [5.41, 5.74) is 4.50. The molecule has 0 saturated heterocycles. The van der Waals surface area contributed by atoms with Gasteiger partial charge in [0.25, 0.3) is 0 Å². The Bertz CT molecular complexity index is 300. The highest BCUT2D eigenvalue weighted by molar-refractivity contribution is 5.20. The largest absolute Gasteiger partial charge is 0.0733 e. The second kappa shape index (κ2) is 3.89. The SMILES string of the molecule is C/C1=C(\C)C(C)(C)CC(C)(C)CC(C)(C)C1. The van der Waals surface area contributed by atoms with Gasteiger partial charge in [0.05, 0.1) is 0 Å². The minimum Gasteiger partial charge on any atom is -0.0733 e. The molecule has 0 saturated carbocycles. The van der Waals surface area contributed by atoms with Crippen molar-refractivity contribution in [3.8, 4) is 0 Å². The molecule has 0 nitrogen and oxygen atoms in total. The van der Waals surface area contributed by atoms with E-state index in [-0.39, 0.29) is 0 Å². The molecule has 1 aliphatic rings. The smallest absolute Gasteiger partial charge is 0.0140 e. The van der Waals surface area contributed by atoms with E-state index < -0.39 is 0 Å². The van der Waals surface area contributed by atoms with Crippen LogP contribution < -0.4 is 0 Å². The fourth-order valence-corrected chi connectivity index (χ4v) is 4.18. The first-order chi connectivity index (χ1) is 6.95. The van der Waals surface area contributed by atoms with E-state index in [1.807, 2.05) is 0 Å². The van der Waals surface area contributed by atoms with Crippen LogP contribution in [0.2, 0.25) is 0 Å². The van der Waals surface area contributed by atoms with Crippen molar-refractivity contribution in [2.75, 3.05) is 0 Å². The van der Waals surface area contributed by atoms with Crippen molar-refractivity contribution in [2.45, 2.75) is 74.7 Å². The monoisotopic (exact) mass is 222 g/mol. The van der Waals surface area contributed by atoms with Gasteiger partial charge >= 0.3 is 0 Å². The van der Waals surface area contributed by atoms with E-state index in [0.717, 1.165) is 0 Å². The molecule has 0 aromatic rings. The van der Waals surface area contributed by atoms with Gasteiger partial charge in [0.15, 0.2) is 0 Å². The van der Waals surface area contributed by atoms with Crippen LogP contribution in [0.4, 0.5) is 0 Å². The zero-order valence-corrected chi connectivity index (χ0v) is 12.6. The van der Waals surface area contributed by atoms with Crippen molar-refractivity contribution in [3.63, 3.8) is 0 Å². The van der Waals surface area contributed by atoms with Gasteiger partial charge in [-0.05, 0) is 49.4 Å². The van der Waals surface area contributed by atoms with Crippen LogP contribution in [0, 0.1) is 16.2 Å². The molecule has 0 atom stereocenters. The van der Waals surface area contributed by atoms with E-state index in [9.17, 15) is 0 Å². The molecule has 0 unspecified atom stereocenters. The molecule has 0 fully saturated rings. The fourth-order valence-electron chi connectivity index (χ4n) is 4.18. The molecule has 1 rings (SSSR count). The molecule has 0 radical (unpaired) electrons. The Morgan fingerprint density at radius 1 is 0.750 bits per heavy atom. The van der Waals surface area contributed by atoms with E-state index in [4.69, 9.17) is 0 Å². The van der Waals surface area contributed by atoms with E-state index in [1.165, 1.54) is 19.3 Å². The number of allylic oxidation sites excluding steroid dienone is 2. The van der Waals surface area contributed by atoms with Gasteiger partial charge in [0.2, 0.25) is 0 Å². The van der Waals surface area contributed by atoms with Crippen LogP contribution in [-0.2, 0) is 0 Å². The fraction of sp³-hybridized carbons (Fsp3) is 0.875. The van der Waals surface area contributed by atoms with Crippen LogP contribution in [0.3, 0.4) is 0 Å². The lowest BCUT2D eigenvalue weighted by Crippen LogP contribution is -2.32. The molecule has 0 bridgehead atoms. The third kappa shape index (κ3) is 3.12. The van der Waals surface area contributed by atoms with Crippen LogP contribution in [0.25, 0.3) is 0 Å². The van der Waals surface area contributed by atoms with Gasteiger partial charge in [0, 0.05) is 0 Å². The third-order valence-corrected chi connectivity index (χ3v) is 4.28. The zero-order valence-electron chi connectivity index (χ0n) is 12.6. The number of rotatable bonds is 0. The summed E-state index contributed by atoms with van der Waals surface area (Å²) >= 11 is 0. The number of hydrogen-bond acceptors (Lipinski definition) is 0. The molecule has 1 aliphatic carbocycles. The Labute approximate surface area is 103 Å². The molecule has 0 heterocycles. The first-order valence-electron chi connectivity index (χ1n) is 6.62. The predicted molar refractivity (Wildman–Crippen MR) is 73.6 cm³/mol. The molecule has 0 spiro atoms. The lowest BCUT2D eigenvalue weighted by Gasteiger charge is -2.44. The summed E-state index contributed by atoms with van der Waals surface area (Å²) in [4.78, 5) is 0. The first-order valence-corrected chi connectivity index (χ1v) is 6.62. The highest BCUT2D eigenvalue weighted by Gasteiger charge is 2.37. The van der Waals surface area contributed by atoms with Crippen molar-refractivity contribution < 1.29 is 0 Å². The molecule has 0 heteroatoms. The second-order valence-electron chi connectivity index (χ2n) is 8.15. The maximum absolute atomic E-state index is 2.43. The molecule has 94 valence electrons. The van der Waals surface area contributed by atoms with E-state index >= 15 is 0 Å². The summed E-state index contributed by atoms with van der Waals surface area (Å²) in [5.74, 6) is 0. The van der Waals surface area contributed by atoms with E-state index in [0.29, 0.717) is 16.2 Å². The first kappa shape index (κ1) is 13.8. The zero-order chi connectivity index (χ0) is 12.8. The second-order valence-corrected chi connectivity index (χ2v) is 8.15. The van der Waals surface area contributed by atoms with Crippen LogP contribution in [0.1, 0.15) is 74.7 Å². The van der Waals surface area contributed by atoms with Gasteiger partial charge in [-0.1, -0.05) is 52.7 Å². The summed E-state index contributed by atoms with van der Waals surface area (Å²) in [5, 5.41) is 0. The van der Waals surface area contributed by atoms with Gasteiger partial charge in [-0.3, -0.25) is 0 Å². The Morgan fingerprint density at radius 2 is 1.25 bits per heavy atom. The topological polar surface area (TPSA) is 0 Å². The van der Waals surface area contributed by atoms with Crippen LogP contribution in [-0.4, -0.2) is 0 Å². The minimum atomic E-state index is 0.365. The van der Waals surface area contributed by atoms with E-state index in [2.05, 4.69) is 55.4 Å². The van der Waals surface area contributed by atoms with Gasteiger partial charge in [-0.2, -0.15) is 0 Å². The Hall–Kier alpha value is -0.260. The maximum Gasteiger partial charge on any atom is -0.0140 e. The van der Waals surface area contributed by atoms with Crippen molar-refractivity contribution in [3.05, 3.63) is 11.1 Å². The third-order valence-electron chi connectivity index (χ3n) is 4.28. The average Bonchev–Trinajstić information content (AvgIpc) is 1.95. The standard InChI is InChI=1S/C16H30/c1-12-9-14(3,4)10-15(5,6)11-16(7,8)13(12)2/h9-11H2,1-8H3/b13-12-. The van der Waals surface area contributed by atoms with Crippen LogP contribution in [0.5, 0.6) is 0 Å². The lowest BCUT2D eigenvalue weighted by atomic mass is 9.61. The summed E-state index contributed by atoms with van der Waals surface area (Å²) < 4.78 is 0. The Morgan fingerprint density at radius 3 is 1.75 bits per heavy atom. The summed E-state index contributed by atoms with van der Waals surface area (Å²) in [6.45, 7) is 19.2. The quantitative estimate of drug-likeness (QED) is 0.469. The highest BCUT2D eigenvalue weighted by Crippen LogP contribution is 2.50. The Kier molecular flexibility index (Phi) is 3.36. The maximum atomic E-state index is 2.43. The van der Waals surface area contributed by atoms with Crippen molar-refractivity contribution in [1.29, 1.82) is 0 Å². The average molecular weight is 222 g/mol. The summed E-state index contributed by atoms with van der Waals surface area (Å²) in [6.07, 6.45) is 3.88. The lowest BCUT2D eigenvalue weighted by molar-refractivity contribution is 0.128. The normalized spacial score (nSPS) is 33.0. The molecular weight excluding hydrogens is 192 g/mol. The van der Waals surface area contributed by atoms with Gasteiger partial charge in [0.1, 0.15) is 0 Å². The molecular formula is C16H30. The molecule has 0 aliphatic heterocycles. The van der Waals surface area contributed by atoms with E-state index in [1.54, 1.807) is 11.1 Å². The van der Waals surface area contributed by atoms with Gasteiger partial charge in [-0.15, -0.1) is 0 Å². The summed E-state index contributed by atoms with van der Waals surface area (Å²) in [6, 6.07) is 0. The van der Waals surface area contributed by atoms with Crippen molar-refractivity contribution in [2.24, 2.45) is 16.2 Å². The minimum absolute atomic E-state index is 0.365. The molecule has 0 N–H and O–H groups in total. The molecule has 0 amide bonds. The molecule has 0 aromatic heterocycles. The highest BCUT2D eigenvalue weighted by atomic mass is 14.4. The van der Waals surface area contributed by atoms with Crippen LogP contribution >= 0.6 is 0 Å². The summed E-state index contributed by atoms with van der Waals surface area (Å²) in [7, 11) is 0. The number of hydrogen-bond donors (Lipinski definition) is 0. The van der Waals surface area contributed by atoms with Crippen LogP contribution in [0.15, 0.2) is 11.1 Å². The van der Waals surface area contributed by atoms with Gasteiger partial charge < -0.3 is 0 Å². The van der Waals surface area contributed by atoms with Crippen molar-refractivity contribution in [1.82, 2.24) is 0 Å². The van der Waals surface area contributed by atoms with Crippen molar-refractivity contribution >= 4 is 0 Å². The van der Waals surface area contributed by atoms with Gasteiger partial charge in [-0.25, -0.2) is 0 Å². The predicted octanol–water partition coefficient (Wildman–Crippen LogP) is 5.59. The molecule has 16 heavy (non-hydrogen) atoms.